The van der Waals surface area contributed by atoms with Gasteiger partial charge in [-0.05, 0) is 69.7 Å². The van der Waals surface area contributed by atoms with E-state index in [1.807, 2.05) is 23.4 Å². The molecule has 2 aliphatic heterocycles. The zero-order chi connectivity index (χ0) is 32.2. The maximum Gasteiger partial charge on any atom is 0.246 e. The minimum Gasteiger partial charge on any atom is -0.395 e. The first-order valence-electron chi connectivity index (χ1n) is 16.7. The van der Waals surface area contributed by atoms with E-state index in [0.717, 1.165) is 54.7 Å². The number of amides is 2. The van der Waals surface area contributed by atoms with Crippen molar-refractivity contribution in [3.05, 3.63) is 41.2 Å². The summed E-state index contributed by atoms with van der Waals surface area (Å²) in [7, 11) is -3.69. The van der Waals surface area contributed by atoms with Gasteiger partial charge in [0.15, 0.2) is 0 Å². The molecule has 1 saturated carbocycles. The summed E-state index contributed by atoms with van der Waals surface area (Å²) in [6, 6.07) is 6.13. The fourth-order valence-electron chi connectivity index (χ4n) is 7.42. The Balaban J connectivity index is 1.26. The number of piperidine rings is 1. The molecule has 1 aromatic heterocycles. The molecule has 1 aromatic carbocycles. The van der Waals surface area contributed by atoms with Gasteiger partial charge in [-0.3, -0.25) is 14.5 Å². The summed E-state index contributed by atoms with van der Waals surface area (Å²) >= 11 is 0. The highest BCUT2D eigenvalue weighted by Gasteiger charge is 2.53. The van der Waals surface area contributed by atoms with E-state index in [1.165, 1.54) is 31.4 Å². The predicted molar refractivity (Wildman–Crippen MR) is 172 cm³/mol. The molecule has 3 N–H and O–H groups in total. The number of hydrogen-bond donors (Lipinski definition) is 3. The Morgan fingerprint density at radius 3 is 2.40 bits per heavy atom. The molecular formula is C33H50N6O5S. The van der Waals surface area contributed by atoms with Gasteiger partial charge in [0.25, 0.3) is 0 Å². The van der Waals surface area contributed by atoms with Crippen molar-refractivity contribution < 1.29 is 23.1 Å². The molecule has 2 amide bonds. The van der Waals surface area contributed by atoms with Crippen molar-refractivity contribution in [1.82, 2.24) is 29.6 Å². The number of aliphatic hydroxyl groups is 1. The Hall–Kier alpha value is -2.80. The molecule has 1 spiro atoms. The van der Waals surface area contributed by atoms with Gasteiger partial charge < -0.3 is 15.3 Å². The first kappa shape index (κ1) is 33.6. The van der Waals surface area contributed by atoms with Crippen molar-refractivity contribution in [2.24, 2.45) is 5.92 Å². The highest BCUT2D eigenvalue weighted by molar-refractivity contribution is 7.89. The number of nitrogens with one attached hydrogen (secondary N) is 2. The second-order valence-electron chi connectivity index (χ2n) is 13.1. The summed E-state index contributed by atoms with van der Waals surface area (Å²) in [4.78, 5) is 32.1. The van der Waals surface area contributed by atoms with Gasteiger partial charge in [-0.2, -0.15) is 5.10 Å². The van der Waals surface area contributed by atoms with Gasteiger partial charge in [-0.1, -0.05) is 45.4 Å². The molecule has 3 heterocycles. The van der Waals surface area contributed by atoms with Gasteiger partial charge in [0.1, 0.15) is 11.6 Å². The first-order valence-corrected chi connectivity index (χ1v) is 18.2. The molecule has 5 rings (SSSR count). The number of hydrogen-bond acceptors (Lipinski definition) is 7. The van der Waals surface area contributed by atoms with E-state index in [-0.39, 0.29) is 29.9 Å². The van der Waals surface area contributed by atoms with Gasteiger partial charge in [0.2, 0.25) is 21.8 Å². The van der Waals surface area contributed by atoms with E-state index in [1.54, 1.807) is 12.1 Å². The minimum atomic E-state index is -3.69. The van der Waals surface area contributed by atoms with E-state index in [2.05, 4.69) is 21.9 Å². The Bertz CT molecular complexity index is 1440. The number of nitrogens with zero attached hydrogens (tertiary/aromatic N) is 4. The zero-order valence-corrected chi connectivity index (χ0v) is 27.9. The van der Waals surface area contributed by atoms with Crippen LogP contribution >= 0.6 is 0 Å². The standard InChI is InChI=1S/C33H50N6O5S/c1-4-5-18-38-31(41)30(22-26-9-7-6-8-10-26)35-32(42)33(38)15-19-37(20-16-33)23-29-24(2)36-39(25(29)3)27-11-13-28(14-12-27)45(43,44)34-17-21-40/h11-14,26,30,34,40H,4-10,15-23H2,1-3H3,(H,35,42)/t30-/m0/s1. The average Bonchev–Trinajstić information content (AvgIpc) is 3.32. The Morgan fingerprint density at radius 1 is 1.07 bits per heavy atom. The fourth-order valence-corrected chi connectivity index (χ4v) is 8.44. The van der Waals surface area contributed by atoms with Crippen molar-refractivity contribution in [2.75, 3.05) is 32.8 Å². The van der Waals surface area contributed by atoms with Gasteiger partial charge in [-0.15, -0.1) is 0 Å². The maximum absolute atomic E-state index is 13.9. The second-order valence-corrected chi connectivity index (χ2v) is 14.9. The van der Waals surface area contributed by atoms with Crippen molar-refractivity contribution >= 4 is 21.8 Å². The van der Waals surface area contributed by atoms with E-state index in [4.69, 9.17) is 10.2 Å². The third-order valence-electron chi connectivity index (χ3n) is 10.1. The fraction of sp³-hybridized carbons (Fsp3) is 0.667. The predicted octanol–water partition coefficient (Wildman–Crippen LogP) is 3.19. The lowest BCUT2D eigenvalue weighted by Crippen LogP contribution is -2.73. The van der Waals surface area contributed by atoms with E-state index in [9.17, 15) is 18.0 Å². The van der Waals surface area contributed by atoms with Crippen molar-refractivity contribution in [3.63, 3.8) is 0 Å². The summed E-state index contributed by atoms with van der Waals surface area (Å²) in [5.41, 5.74) is 2.95. The van der Waals surface area contributed by atoms with Gasteiger partial charge in [0.05, 0.1) is 22.9 Å². The van der Waals surface area contributed by atoms with E-state index in [0.29, 0.717) is 44.9 Å². The summed E-state index contributed by atoms with van der Waals surface area (Å²) in [6.07, 6.45) is 9.86. The van der Waals surface area contributed by atoms with E-state index < -0.39 is 21.6 Å². The number of aromatic nitrogens is 2. The minimum absolute atomic E-state index is 0.0239. The molecular weight excluding hydrogens is 592 g/mol. The summed E-state index contributed by atoms with van der Waals surface area (Å²) in [5.74, 6) is 0.651. The van der Waals surface area contributed by atoms with Crippen LogP contribution in [0.4, 0.5) is 0 Å². The molecule has 248 valence electrons. The van der Waals surface area contributed by atoms with Gasteiger partial charge >= 0.3 is 0 Å². The van der Waals surface area contributed by atoms with Crippen LogP contribution < -0.4 is 10.0 Å². The molecule has 3 fully saturated rings. The molecule has 12 heteroatoms. The summed E-state index contributed by atoms with van der Waals surface area (Å²) in [6.45, 7) is 8.53. The van der Waals surface area contributed by atoms with Crippen LogP contribution in [0.2, 0.25) is 0 Å². The largest absolute Gasteiger partial charge is 0.395 e. The SMILES string of the molecule is CCCCN1C(=O)[C@H](CC2CCCCC2)NC(=O)C12CCN(Cc1c(C)nn(-c3ccc(S(=O)(=O)NCCO)cc3)c1C)CC2. The highest BCUT2D eigenvalue weighted by atomic mass is 32.2. The van der Waals surface area contributed by atoms with Crippen LogP contribution in [-0.2, 0) is 26.2 Å². The van der Waals surface area contributed by atoms with Gasteiger partial charge in [-0.25, -0.2) is 17.8 Å². The second kappa shape index (κ2) is 14.3. The van der Waals surface area contributed by atoms with Crippen LogP contribution in [0.15, 0.2) is 29.2 Å². The number of benzene rings is 1. The summed E-state index contributed by atoms with van der Waals surface area (Å²) in [5, 5.41) is 16.9. The molecule has 3 aliphatic rings. The van der Waals surface area contributed by atoms with Crippen molar-refractivity contribution in [2.45, 2.75) is 108 Å². The number of rotatable bonds is 12. The number of piperazine rings is 1. The lowest BCUT2D eigenvalue weighted by atomic mass is 9.79. The van der Waals surface area contributed by atoms with Crippen LogP contribution in [0, 0.1) is 19.8 Å². The molecule has 0 radical (unpaired) electrons. The van der Waals surface area contributed by atoms with Crippen LogP contribution in [0.5, 0.6) is 0 Å². The Morgan fingerprint density at radius 2 is 1.76 bits per heavy atom. The molecule has 0 bridgehead atoms. The number of unbranched alkanes of at least 4 members (excludes halogenated alkanes) is 1. The normalized spacial score (nSPS) is 21.4. The number of aryl methyl sites for hydroxylation is 1. The molecule has 45 heavy (non-hydrogen) atoms. The lowest BCUT2D eigenvalue weighted by Gasteiger charge is -2.52. The molecule has 1 aliphatic carbocycles. The molecule has 11 nitrogen and oxygen atoms in total. The van der Waals surface area contributed by atoms with Crippen LogP contribution in [-0.4, -0.2) is 89.3 Å². The maximum atomic E-state index is 13.9. The van der Waals surface area contributed by atoms with Gasteiger partial charge in [0, 0.05) is 44.0 Å². The third kappa shape index (κ3) is 7.13. The molecule has 2 aromatic rings. The third-order valence-corrected chi connectivity index (χ3v) is 11.6. The van der Waals surface area contributed by atoms with Crippen molar-refractivity contribution in [1.29, 1.82) is 0 Å². The van der Waals surface area contributed by atoms with E-state index >= 15 is 0 Å². The number of likely N-dealkylation sites (tertiary alicyclic amines) is 1. The highest BCUT2D eigenvalue weighted by Crippen LogP contribution is 2.36. The molecule has 1 atom stereocenters. The monoisotopic (exact) mass is 642 g/mol. The first-order chi connectivity index (χ1) is 21.6. The van der Waals surface area contributed by atoms with Crippen LogP contribution in [0.3, 0.4) is 0 Å². The Kier molecular flexibility index (Phi) is 10.7. The molecule has 2 saturated heterocycles. The number of carbonyl (C=O) groups excluding carboxylic acids is 2. The van der Waals surface area contributed by atoms with Crippen molar-refractivity contribution in [3.8, 4) is 5.69 Å². The topological polar surface area (TPSA) is 137 Å². The molecule has 0 unspecified atom stereocenters. The van der Waals surface area contributed by atoms with Crippen LogP contribution in [0.25, 0.3) is 5.69 Å². The number of carbonyl (C=O) groups is 2. The lowest BCUT2D eigenvalue weighted by molar-refractivity contribution is -0.162. The number of aliphatic hydroxyl groups excluding tert-OH is 1. The Labute approximate surface area is 267 Å². The smallest absolute Gasteiger partial charge is 0.246 e. The average molecular weight is 643 g/mol. The number of sulfonamides is 1. The quantitative estimate of drug-likeness (QED) is 0.324. The zero-order valence-electron chi connectivity index (χ0n) is 27.1. The van der Waals surface area contributed by atoms with Crippen LogP contribution in [0.1, 0.15) is 88.1 Å². The summed E-state index contributed by atoms with van der Waals surface area (Å²) < 4.78 is 29.0.